The second kappa shape index (κ2) is 4.65. The van der Waals surface area contributed by atoms with Crippen molar-refractivity contribution in [1.82, 2.24) is 29.9 Å². The molecule has 0 aliphatic carbocycles. The van der Waals surface area contributed by atoms with Gasteiger partial charge in [-0.1, -0.05) is 0 Å². The van der Waals surface area contributed by atoms with Gasteiger partial charge in [0.1, 0.15) is 12.1 Å². The largest absolute Gasteiger partial charge is 0.347 e. The van der Waals surface area contributed by atoms with Gasteiger partial charge in [0.2, 0.25) is 0 Å². The maximum atomic E-state index is 4.54. The predicted octanol–water partition coefficient (Wildman–Crippen LogP) is 0.0596. The molecule has 3 heterocycles. The Hall–Kier alpha value is -1.89. The number of aryl methyl sites for hydroxylation is 2. The summed E-state index contributed by atoms with van der Waals surface area (Å²) < 4.78 is 4.07. The summed E-state index contributed by atoms with van der Waals surface area (Å²) in [5, 5.41) is 15.9. The third kappa shape index (κ3) is 1.99. The molecule has 102 valence electrons. The summed E-state index contributed by atoms with van der Waals surface area (Å²) in [4.78, 5) is 2.33. The average molecular weight is 261 g/mol. The first-order chi connectivity index (χ1) is 9.20. The number of nitrogens with one attached hydrogen (secondary N) is 1. The highest BCUT2D eigenvalue weighted by molar-refractivity contribution is 5.50. The molecule has 0 saturated carbocycles. The lowest BCUT2D eigenvalue weighted by Crippen LogP contribution is -2.35. The van der Waals surface area contributed by atoms with Crippen LogP contribution >= 0.6 is 0 Å². The van der Waals surface area contributed by atoms with E-state index in [0.29, 0.717) is 0 Å². The Balaban J connectivity index is 1.95. The van der Waals surface area contributed by atoms with E-state index in [2.05, 4.69) is 37.0 Å². The molecule has 3 rings (SSSR count). The van der Waals surface area contributed by atoms with Gasteiger partial charge in [0, 0.05) is 32.2 Å². The molecule has 7 nitrogen and oxygen atoms in total. The van der Waals surface area contributed by atoms with Gasteiger partial charge in [-0.3, -0.25) is 4.68 Å². The first-order valence-corrected chi connectivity index (χ1v) is 6.49. The van der Waals surface area contributed by atoms with Crippen molar-refractivity contribution < 1.29 is 0 Å². The monoisotopic (exact) mass is 261 g/mol. The van der Waals surface area contributed by atoms with Gasteiger partial charge in [-0.15, -0.1) is 10.2 Å². The van der Waals surface area contributed by atoms with Gasteiger partial charge in [-0.2, -0.15) is 5.10 Å². The molecule has 0 atom stereocenters. The summed E-state index contributed by atoms with van der Waals surface area (Å²) in [6.45, 7) is 5.56. The van der Waals surface area contributed by atoms with Crippen LogP contribution in [0.3, 0.4) is 0 Å². The number of rotatable bonds is 3. The Morgan fingerprint density at radius 1 is 1.37 bits per heavy atom. The first-order valence-electron chi connectivity index (χ1n) is 6.49. The van der Waals surface area contributed by atoms with E-state index < -0.39 is 0 Å². The van der Waals surface area contributed by atoms with Crippen LogP contribution in [0.25, 0.3) is 0 Å². The van der Waals surface area contributed by atoms with Crippen molar-refractivity contribution in [2.45, 2.75) is 26.6 Å². The second-order valence-corrected chi connectivity index (χ2v) is 4.90. The molecule has 0 bridgehead atoms. The lowest BCUT2D eigenvalue weighted by molar-refractivity contribution is 0.544. The van der Waals surface area contributed by atoms with Gasteiger partial charge >= 0.3 is 0 Å². The summed E-state index contributed by atoms with van der Waals surface area (Å²) in [6, 6.07) is 0. The van der Waals surface area contributed by atoms with Crippen LogP contribution in [-0.2, 0) is 26.7 Å². The van der Waals surface area contributed by atoms with Gasteiger partial charge in [0.25, 0.3) is 0 Å². The van der Waals surface area contributed by atoms with E-state index in [1.165, 1.54) is 11.4 Å². The summed E-state index contributed by atoms with van der Waals surface area (Å²) >= 11 is 0. The zero-order valence-corrected chi connectivity index (χ0v) is 11.6. The molecule has 2 aromatic heterocycles. The molecular formula is C12H19N7. The third-order valence-corrected chi connectivity index (χ3v) is 3.61. The Morgan fingerprint density at radius 2 is 2.21 bits per heavy atom. The average Bonchev–Trinajstić information content (AvgIpc) is 2.94. The molecule has 0 aromatic carbocycles. The van der Waals surface area contributed by atoms with E-state index in [9.17, 15) is 0 Å². The Bertz CT molecular complexity index is 583. The normalized spacial score (nSPS) is 14.8. The van der Waals surface area contributed by atoms with E-state index in [-0.39, 0.29) is 0 Å². The smallest absolute Gasteiger partial charge is 0.152 e. The molecule has 1 aliphatic heterocycles. The number of hydrogen-bond donors (Lipinski definition) is 1. The van der Waals surface area contributed by atoms with Gasteiger partial charge < -0.3 is 14.8 Å². The fourth-order valence-electron chi connectivity index (χ4n) is 2.72. The third-order valence-electron chi connectivity index (χ3n) is 3.61. The highest BCUT2D eigenvalue weighted by atomic mass is 15.4. The molecular weight excluding hydrogens is 242 g/mol. The van der Waals surface area contributed by atoms with Crippen molar-refractivity contribution >= 4 is 5.82 Å². The number of fused-ring (bicyclic) bond motifs is 1. The standard InChI is InChI=1S/C12H19N7/c1-9-10(6-13-2)12(17(3)16-9)18-4-5-19-8-14-15-11(19)7-18/h8,13H,4-7H2,1-3H3. The van der Waals surface area contributed by atoms with Crippen LogP contribution in [0.1, 0.15) is 17.1 Å². The first kappa shape index (κ1) is 12.2. The van der Waals surface area contributed by atoms with E-state index in [0.717, 1.165) is 37.7 Å². The molecule has 0 spiro atoms. The lowest BCUT2D eigenvalue weighted by atomic mass is 10.2. The SMILES string of the molecule is CNCc1c(C)nn(C)c1N1CCn2cnnc2C1. The summed E-state index contributed by atoms with van der Waals surface area (Å²) in [7, 11) is 3.96. The summed E-state index contributed by atoms with van der Waals surface area (Å²) in [6.07, 6.45) is 1.80. The van der Waals surface area contributed by atoms with Crippen molar-refractivity contribution in [2.75, 3.05) is 18.5 Å². The summed E-state index contributed by atoms with van der Waals surface area (Å²) in [5.41, 5.74) is 2.34. The molecule has 0 radical (unpaired) electrons. The molecule has 0 fully saturated rings. The topological polar surface area (TPSA) is 63.8 Å². The molecule has 0 unspecified atom stereocenters. The Morgan fingerprint density at radius 3 is 3.00 bits per heavy atom. The van der Waals surface area contributed by atoms with Crippen molar-refractivity contribution in [3.8, 4) is 0 Å². The number of hydrogen-bond acceptors (Lipinski definition) is 5. The fourth-order valence-corrected chi connectivity index (χ4v) is 2.72. The molecule has 19 heavy (non-hydrogen) atoms. The molecule has 2 aromatic rings. The second-order valence-electron chi connectivity index (χ2n) is 4.90. The van der Waals surface area contributed by atoms with Crippen molar-refractivity contribution in [2.24, 2.45) is 7.05 Å². The van der Waals surface area contributed by atoms with Crippen LogP contribution < -0.4 is 10.2 Å². The minimum absolute atomic E-state index is 0.787. The van der Waals surface area contributed by atoms with Gasteiger partial charge in [-0.05, 0) is 14.0 Å². The quantitative estimate of drug-likeness (QED) is 0.846. The van der Waals surface area contributed by atoms with E-state index >= 15 is 0 Å². The molecule has 1 aliphatic rings. The molecule has 7 heteroatoms. The van der Waals surface area contributed by atoms with Crippen molar-refractivity contribution in [3.05, 3.63) is 23.4 Å². The van der Waals surface area contributed by atoms with E-state index in [1.807, 2.05) is 18.8 Å². The predicted molar refractivity (Wildman–Crippen MR) is 71.8 cm³/mol. The Labute approximate surface area is 112 Å². The molecule has 1 N–H and O–H groups in total. The van der Waals surface area contributed by atoms with Gasteiger partial charge in [0.15, 0.2) is 5.82 Å². The maximum absolute atomic E-state index is 4.54. The number of anilines is 1. The van der Waals surface area contributed by atoms with Gasteiger partial charge in [-0.25, -0.2) is 0 Å². The number of nitrogens with zero attached hydrogens (tertiary/aromatic N) is 6. The molecule has 0 saturated heterocycles. The maximum Gasteiger partial charge on any atom is 0.152 e. The highest BCUT2D eigenvalue weighted by Gasteiger charge is 2.23. The van der Waals surface area contributed by atoms with Crippen LogP contribution in [0.15, 0.2) is 6.33 Å². The van der Waals surface area contributed by atoms with E-state index in [1.54, 1.807) is 6.33 Å². The zero-order valence-electron chi connectivity index (χ0n) is 11.6. The Kier molecular flexibility index (Phi) is 2.98. The van der Waals surface area contributed by atoms with Crippen LogP contribution in [0.2, 0.25) is 0 Å². The van der Waals surface area contributed by atoms with Crippen LogP contribution in [-0.4, -0.2) is 38.1 Å². The minimum Gasteiger partial charge on any atom is -0.347 e. The number of aromatic nitrogens is 5. The van der Waals surface area contributed by atoms with Crippen molar-refractivity contribution in [3.63, 3.8) is 0 Å². The van der Waals surface area contributed by atoms with Crippen LogP contribution in [0, 0.1) is 6.92 Å². The van der Waals surface area contributed by atoms with Crippen molar-refractivity contribution in [1.29, 1.82) is 0 Å². The zero-order chi connectivity index (χ0) is 13.4. The fraction of sp³-hybridized carbons (Fsp3) is 0.583. The van der Waals surface area contributed by atoms with Crippen LogP contribution in [0.4, 0.5) is 5.82 Å². The van der Waals surface area contributed by atoms with E-state index in [4.69, 9.17) is 0 Å². The molecule has 0 amide bonds. The highest BCUT2D eigenvalue weighted by Crippen LogP contribution is 2.26. The van der Waals surface area contributed by atoms with Gasteiger partial charge in [0.05, 0.1) is 12.2 Å². The van der Waals surface area contributed by atoms with Crippen LogP contribution in [0.5, 0.6) is 0 Å². The summed E-state index contributed by atoms with van der Waals surface area (Å²) in [5.74, 6) is 2.20. The lowest BCUT2D eigenvalue weighted by Gasteiger charge is -2.29. The minimum atomic E-state index is 0.787.